The van der Waals surface area contributed by atoms with Crippen LogP contribution in [0.5, 0.6) is 17.2 Å². The lowest BCUT2D eigenvalue weighted by molar-refractivity contribution is -0.129. The SMILES string of the molecule is CCOc1ccc(/C=C/C(=O)Oc2ccc(/C=C/c3ccccn3)cc2OC)cc1. The van der Waals surface area contributed by atoms with E-state index >= 15 is 0 Å². The Morgan fingerprint density at radius 1 is 0.933 bits per heavy atom. The summed E-state index contributed by atoms with van der Waals surface area (Å²) in [7, 11) is 1.54. The second kappa shape index (κ2) is 10.6. The first-order chi connectivity index (χ1) is 14.7. The van der Waals surface area contributed by atoms with Crippen molar-refractivity contribution in [2.75, 3.05) is 13.7 Å². The number of hydrogen-bond donors (Lipinski definition) is 0. The maximum Gasteiger partial charge on any atom is 0.336 e. The molecule has 0 unspecified atom stereocenters. The molecule has 0 saturated carbocycles. The number of pyridine rings is 1. The Labute approximate surface area is 176 Å². The largest absolute Gasteiger partial charge is 0.494 e. The van der Waals surface area contributed by atoms with Gasteiger partial charge in [0.05, 0.1) is 19.4 Å². The van der Waals surface area contributed by atoms with E-state index in [9.17, 15) is 4.79 Å². The number of rotatable bonds is 8. The van der Waals surface area contributed by atoms with Crippen molar-refractivity contribution in [3.05, 3.63) is 89.8 Å². The van der Waals surface area contributed by atoms with E-state index in [2.05, 4.69) is 4.98 Å². The molecule has 3 aromatic rings. The van der Waals surface area contributed by atoms with E-state index in [4.69, 9.17) is 14.2 Å². The van der Waals surface area contributed by atoms with Crippen LogP contribution >= 0.6 is 0 Å². The molecule has 0 saturated heterocycles. The molecule has 0 N–H and O–H groups in total. The molecule has 3 rings (SSSR count). The van der Waals surface area contributed by atoms with Crippen LogP contribution < -0.4 is 14.2 Å². The van der Waals surface area contributed by atoms with Crippen molar-refractivity contribution in [3.8, 4) is 17.2 Å². The highest BCUT2D eigenvalue weighted by atomic mass is 16.6. The summed E-state index contributed by atoms with van der Waals surface area (Å²) >= 11 is 0. The zero-order chi connectivity index (χ0) is 21.2. The Hall–Kier alpha value is -3.86. The van der Waals surface area contributed by atoms with Crippen LogP contribution in [-0.4, -0.2) is 24.7 Å². The van der Waals surface area contributed by atoms with Gasteiger partial charge in [0.2, 0.25) is 0 Å². The van der Waals surface area contributed by atoms with Crippen LogP contribution in [0, 0.1) is 0 Å². The summed E-state index contributed by atoms with van der Waals surface area (Å²) in [6, 6.07) is 18.5. The predicted octanol–water partition coefficient (Wildman–Crippen LogP) is 5.28. The number of ether oxygens (including phenoxy) is 3. The summed E-state index contributed by atoms with van der Waals surface area (Å²) in [6.07, 6.45) is 8.63. The van der Waals surface area contributed by atoms with E-state index in [0.717, 1.165) is 22.6 Å². The first-order valence-corrected chi connectivity index (χ1v) is 9.58. The highest BCUT2D eigenvalue weighted by Gasteiger charge is 2.08. The molecule has 0 aliphatic carbocycles. The minimum atomic E-state index is -0.487. The number of esters is 1. The lowest BCUT2D eigenvalue weighted by atomic mass is 10.1. The molecule has 5 heteroatoms. The zero-order valence-corrected chi connectivity index (χ0v) is 16.9. The van der Waals surface area contributed by atoms with Gasteiger partial charge < -0.3 is 14.2 Å². The number of hydrogen-bond acceptors (Lipinski definition) is 5. The van der Waals surface area contributed by atoms with Gasteiger partial charge in [-0.05, 0) is 66.6 Å². The van der Waals surface area contributed by atoms with Crippen LogP contribution in [0.3, 0.4) is 0 Å². The smallest absolute Gasteiger partial charge is 0.336 e. The fourth-order valence-electron chi connectivity index (χ4n) is 2.68. The minimum absolute atomic E-state index is 0.355. The van der Waals surface area contributed by atoms with Crippen LogP contribution in [0.1, 0.15) is 23.7 Å². The van der Waals surface area contributed by atoms with Gasteiger partial charge >= 0.3 is 5.97 Å². The second-order valence-corrected chi connectivity index (χ2v) is 6.25. The molecular weight excluding hydrogens is 378 g/mol. The quantitative estimate of drug-likeness (QED) is 0.292. The van der Waals surface area contributed by atoms with Gasteiger partial charge in [0.15, 0.2) is 11.5 Å². The lowest BCUT2D eigenvalue weighted by Gasteiger charge is -2.08. The molecular formula is C25H23NO4. The van der Waals surface area contributed by atoms with E-state index in [-0.39, 0.29) is 0 Å². The first-order valence-electron chi connectivity index (χ1n) is 9.58. The van der Waals surface area contributed by atoms with E-state index in [1.807, 2.05) is 67.6 Å². The van der Waals surface area contributed by atoms with E-state index in [1.54, 1.807) is 24.4 Å². The number of carbonyl (C=O) groups excluding carboxylic acids is 1. The van der Waals surface area contributed by atoms with Crippen molar-refractivity contribution in [1.82, 2.24) is 4.98 Å². The number of methoxy groups -OCH3 is 1. The molecule has 0 atom stereocenters. The van der Waals surface area contributed by atoms with Crippen LogP contribution in [0.15, 0.2) is 72.9 Å². The normalized spacial score (nSPS) is 11.0. The molecule has 0 fully saturated rings. The van der Waals surface area contributed by atoms with Gasteiger partial charge in [-0.3, -0.25) is 4.98 Å². The standard InChI is InChI=1S/C25H23NO4/c1-3-29-22-13-8-19(9-14-22)11-16-25(27)30-23-15-10-20(18-24(23)28-2)7-12-21-6-4-5-17-26-21/h4-18H,3H2,1-2H3/b12-7+,16-11+. The fourth-order valence-corrected chi connectivity index (χ4v) is 2.68. The van der Waals surface area contributed by atoms with E-state index < -0.39 is 5.97 Å². The summed E-state index contributed by atoms with van der Waals surface area (Å²) in [6.45, 7) is 2.54. The Morgan fingerprint density at radius 2 is 1.73 bits per heavy atom. The van der Waals surface area contributed by atoms with E-state index in [0.29, 0.717) is 18.1 Å². The fraction of sp³-hybridized carbons (Fsp3) is 0.120. The van der Waals surface area contributed by atoms with Gasteiger partial charge in [-0.1, -0.05) is 30.3 Å². The minimum Gasteiger partial charge on any atom is -0.494 e. The molecule has 5 nitrogen and oxygen atoms in total. The van der Waals surface area contributed by atoms with Crippen molar-refractivity contribution in [2.45, 2.75) is 6.92 Å². The van der Waals surface area contributed by atoms with Gasteiger partial charge in [0, 0.05) is 12.3 Å². The maximum atomic E-state index is 12.2. The second-order valence-electron chi connectivity index (χ2n) is 6.25. The summed E-state index contributed by atoms with van der Waals surface area (Å²) < 4.78 is 16.2. The molecule has 30 heavy (non-hydrogen) atoms. The molecule has 2 aromatic carbocycles. The molecule has 0 bridgehead atoms. The Balaban J connectivity index is 1.65. The Bertz CT molecular complexity index is 1020. The molecule has 0 amide bonds. The molecule has 1 aromatic heterocycles. The van der Waals surface area contributed by atoms with Gasteiger partial charge in [0.1, 0.15) is 5.75 Å². The third kappa shape index (κ3) is 6.07. The van der Waals surface area contributed by atoms with Gasteiger partial charge in [-0.2, -0.15) is 0 Å². The molecule has 0 aliphatic rings. The van der Waals surface area contributed by atoms with Crippen LogP contribution in [-0.2, 0) is 4.79 Å². The first kappa shape index (κ1) is 20.9. The molecule has 0 radical (unpaired) electrons. The maximum absolute atomic E-state index is 12.2. The van der Waals surface area contributed by atoms with Gasteiger partial charge in [0.25, 0.3) is 0 Å². The molecule has 0 aliphatic heterocycles. The van der Waals surface area contributed by atoms with Crippen molar-refractivity contribution in [3.63, 3.8) is 0 Å². The summed E-state index contributed by atoms with van der Waals surface area (Å²) in [4.78, 5) is 16.5. The zero-order valence-electron chi connectivity index (χ0n) is 16.9. The van der Waals surface area contributed by atoms with Gasteiger partial charge in [-0.15, -0.1) is 0 Å². The third-order valence-corrected chi connectivity index (χ3v) is 4.14. The third-order valence-electron chi connectivity index (χ3n) is 4.14. The van der Waals surface area contributed by atoms with Crippen molar-refractivity contribution < 1.29 is 19.0 Å². The van der Waals surface area contributed by atoms with Crippen LogP contribution in [0.2, 0.25) is 0 Å². The van der Waals surface area contributed by atoms with Crippen LogP contribution in [0.4, 0.5) is 0 Å². The van der Waals surface area contributed by atoms with E-state index in [1.165, 1.54) is 13.2 Å². The highest BCUT2D eigenvalue weighted by Crippen LogP contribution is 2.29. The Kier molecular flexibility index (Phi) is 7.39. The average molecular weight is 401 g/mol. The number of aromatic nitrogens is 1. The lowest BCUT2D eigenvalue weighted by Crippen LogP contribution is -2.05. The monoisotopic (exact) mass is 401 g/mol. The summed E-state index contributed by atoms with van der Waals surface area (Å²) in [5.74, 6) is 1.13. The molecule has 152 valence electrons. The van der Waals surface area contributed by atoms with Crippen molar-refractivity contribution >= 4 is 24.2 Å². The number of nitrogens with zero attached hydrogens (tertiary/aromatic N) is 1. The van der Waals surface area contributed by atoms with Crippen molar-refractivity contribution in [1.29, 1.82) is 0 Å². The van der Waals surface area contributed by atoms with Gasteiger partial charge in [-0.25, -0.2) is 4.79 Å². The summed E-state index contributed by atoms with van der Waals surface area (Å²) in [5, 5.41) is 0. The predicted molar refractivity (Wildman–Crippen MR) is 118 cm³/mol. The topological polar surface area (TPSA) is 57.7 Å². The van der Waals surface area contributed by atoms with Crippen LogP contribution in [0.25, 0.3) is 18.2 Å². The number of carbonyl (C=O) groups is 1. The summed E-state index contributed by atoms with van der Waals surface area (Å²) in [5.41, 5.74) is 2.63. The average Bonchev–Trinajstić information content (AvgIpc) is 2.79. The number of benzene rings is 2. The highest BCUT2D eigenvalue weighted by molar-refractivity contribution is 5.89. The van der Waals surface area contributed by atoms with Crippen molar-refractivity contribution in [2.24, 2.45) is 0 Å². The molecule has 0 spiro atoms. The Morgan fingerprint density at radius 3 is 2.43 bits per heavy atom. The molecule has 1 heterocycles.